The van der Waals surface area contributed by atoms with Gasteiger partial charge in [0, 0.05) is 36.8 Å². The minimum atomic E-state index is -0.831. The molecule has 0 radical (unpaired) electrons. The molecule has 0 aromatic carbocycles. The van der Waals surface area contributed by atoms with Gasteiger partial charge in [-0.05, 0) is 184 Å². The zero-order valence-corrected chi connectivity index (χ0v) is 63.4. The van der Waals surface area contributed by atoms with E-state index in [9.17, 15) is 0 Å². The van der Waals surface area contributed by atoms with E-state index in [0.29, 0.717) is 20.0 Å². The van der Waals surface area contributed by atoms with Gasteiger partial charge in [0.25, 0.3) is 0 Å². The average Bonchev–Trinajstić information content (AvgIpc) is 3.89. The Morgan fingerprint density at radius 3 is 1.17 bits per heavy atom. The fourth-order valence-electron chi connectivity index (χ4n) is 6.97. The first-order valence-corrected chi connectivity index (χ1v) is 37.0. The lowest BCUT2D eigenvalue weighted by molar-refractivity contribution is -0.0350. The molecule has 0 saturated carbocycles. The minimum Gasteiger partial charge on any atom is -0.495 e. The Morgan fingerprint density at radius 1 is 0.410 bits per heavy atom. The van der Waals surface area contributed by atoms with Crippen LogP contribution in [0.1, 0.15) is 267 Å². The summed E-state index contributed by atoms with van der Waals surface area (Å²) in [4.78, 5) is 1.48. The van der Waals surface area contributed by atoms with Crippen LogP contribution in [-0.4, -0.2) is 100 Å². The van der Waals surface area contributed by atoms with Crippen LogP contribution in [0, 0.1) is 0 Å². The summed E-state index contributed by atoms with van der Waals surface area (Å²) in [7, 11) is -1.55. The van der Waals surface area contributed by atoms with Crippen molar-refractivity contribution in [3.05, 3.63) is 102 Å². The second kappa shape index (κ2) is 64.6. The van der Waals surface area contributed by atoms with Crippen molar-refractivity contribution >= 4 is 41.9 Å². The van der Waals surface area contributed by atoms with Gasteiger partial charge in [0.2, 0.25) is 0 Å². The van der Waals surface area contributed by atoms with Gasteiger partial charge in [-0.2, -0.15) is 9.21 Å². The number of allylic oxidation sites excluding steroid dienone is 14. The van der Waals surface area contributed by atoms with Crippen molar-refractivity contribution in [3.8, 4) is 0 Å². The van der Waals surface area contributed by atoms with Crippen molar-refractivity contribution in [1.29, 1.82) is 0 Å². The van der Waals surface area contributed by atoms with Gasteiger partial charge in [0.15, 0.2) is 6.79 Å². The summed E-state index contributed by atoms with van der Waals surface area (Å²) in [6.45, 7) is 73.5. The molecule has 0 saturated heterocycles. The molecule has 8 rings (SSSR count). The van der Waals surface area contributed by atoms with Crippen molar-refractivity contribution in [1.82, 2.24) is 16.0 Å². The second-order valence-electron chi connectivity index (χ2n) is 19.3. The lowest BCUT2D eigenvalue weighted by atomic mass is 10.1. The number of hydrogen-bond acceptors (Lipinski definition) is 8. The van der Waals surface area contributed by atoms with E-state index in [0.717, 1.165) is 55.0 Å². The Kier molecular flexibility index (Phi) is 74.6. The fraction of sp³-hybridized carbons (Fsp3) is 0.699. The summed E-state index contributed by atoms with van der Waals surface area (Å²) in [5, 5.41) is 9.80. The van der Waals surface area contributed by atoms with Gasteiger partial charge in [-0.25, -0.2) is 9.21 Å². The van der Waals surface area contributed by atoms with Crippen LogP contribution in [-0.2, 0) is 23.7 Å². The van der Waals surface area contributed by atoms with E-state index >= 15 is 0 Å². The monoisotopic (exact) mass is 1210 g/mol. The molecule has 0 bridgehead atoms. The average molecular weight is 1210 g/mol. The molecule has 0 spiro atoms. The summed E-state index contributed by atoms with van der Waals surface area (Å²) >= 11 is 0. The SMILES string of the molecule is C=S1(=C)CCC(C)=C(C)C1.C=S1(=C)CCCC(C)=C1C.CC.CC.CC.CC.CC.CC.CC.CC.CC1=C(C)CC=C1.CC1=C(C)CNCC1.CC1=C(C)NCCC1.CC1=C(C)OCCN1.CC1=C(C)OCCO1.CC1=C(C)OCOC1. The minimum absolute atomic E-state index is 0.420. The molecule has 10 heteroatoms. The maximum atomic E-state index is 5.21. The zero-order chi connectivity index (χ0) is 66.7. The summed E-state index contributed by atoms with van der Waals surface area (Å²) in [6.07, 6.45) is 13.2. The van der Waals surface area contributed by atoms with Crippen LogP contribution < -0.4 is 16.0 Å². The van der Waals surface area contributed by atoms with Gasteiger partial charge < -0.3 is 39.6 Å². The lowest BCUT2D eigenvalue weighted by Gasteiger charge is -2.23. The molecule has 0 amide bonds. The van der Waals surface area contributed by atoms with E-state index in [2.05, 4.69) is 121 Å². The normalized spacial score (nSPS) is 18.1. The Hall–Kier alpha value is -3.44. The lowest BCUT2D eigenvalue weighted by Crippen LogP contribution is -2.24. The van der Waals surface area contributed by atoms with E-state index in [-0.39, 0.29) is 0 Å². The topological polar surface area (TPSA) is 82.2 Å². The van der Waals surface area contributed by atoms with Crippen LogP contribution >= 0.6 is 18.4 Å². The fourth-order valence-corrected chi connectivity index (χ4v) is 10.9. The molecule has 3 N–H and O–H groups in total. The molecule has 1 aliphatic carbocycles. The highest BCUT2D eigenvalue weighted by molar-refractivity contribution is 8.30. The molecular weight excluding hydrogens is 1060 g/mol. The molecule has 0 fully saturated rings. The predicted octanol–water partition coefficient (Wildman–Crippen LogP) is 22.0. The quantitative estimate of drug-likeness (QED) is 0.164. The number of hydrogen-bond donors (Lipinski definition) is 3. The highest BCUT2D eigenvalue weighted by atomic mass is 32.2. The van der Waals surface area contributed by atoms with Gasteiger partial charge in [-0.1, -0.05) is 191 Å². The van der Waals surface area contributed by atoms with Gasteiger partial charge in [0.1, 0.15) is 37.1 Å². The highest BCUT2D eigenvalue weighted by Gasteiger charge is 2.11. The van der Waals surface area contributed by atoms with Crippen LogP contribution in [0.3, 0.4) is 0 Å². The molecular formula is C73H147N3O5S2. The number of rotatable bonds is 0. The largest absolute Gasteiger partial charge is 0.495 e. The predicted molar refractivity (Wildman–Crippen MR) is 396 cm³/mol. The van der Waals surface area contributed by atoms with Crippen LogP contribution in [0.15, 0.2) is 102 Å². The number of nitrogens with one attached hydrogen (secondary N) is 3. The maximum absolute atomic E-state index is 5.21. The molecule has 83 heavy (non-hydrogen) atoms. The Balaban J connectivity index is -0.000000125. The smallest absolute Gasteiger partial charge is 0.188 e. The first-order chi connectivity index (χ1) is 39.4. The maximum Gasteiger partial charge on any atom is 0.188 e. The van der Waals surface area contributed by atoms with Crippen LogP contribution in [0.4, 0.5) is 0 Å². The van der Waals surface area contributed by atoms with E-state index in [1.165, 1.54) is 125 Å². The van der Waals surface area contributed by atoms with Crippen molar-refractivity contribution in [3.63, 3.8) is 0 Å². The van der Waals surface area contributed by atoms with Crippen LogP contribution in [0.2, 0.25) is 0 Å². The van der Waals surface area contributed by atoms with Crippen molar-refractivity contribution in [2.24, 2.45) is 0 Å². The summed E-state index contributed by atoms with van der Waals surface area (Å²) in [6, 6.07) is 0. The van der Waals surface area contributed by atoms with E-state index < -0.39 is 18.4 Å². The standard InChI is InChI=1S/2C9H16S.2C7H13N.C7H10.C6H11NO.2C6H10O2.8C2H6/c1-8-5-6-10(3,4)7-9(8)2;1-8-6-5-7-10(3,4)9(8)2;1-6-3-4-8-5-7(6)2;1-6-4-3-5-8-7(6)2;1-6-4-3-5-7(6)2;1-5-6(2)8-4-3-7-5;1-5-3-7-4-8-6(5)2;1-5-6(2)8-4-3-7-5;8*1-2/h2*3-7H2,1-2H3;2*8H,3-5H2,1-2H3;3-4H,5H2,1-2H3;7H,3-4H2,1-2H3;2*3-4H2,1-2H3;8*1-2H3. The van der Waals surface area contributed by atoms with Crippen molar-refractivity contribution < 1.29 is 23.7 Å². The van der Waals surface area contributed by atoms with E-state index in [4.69, 9.17) is 23.7 Å². The molecule has 0 aromatic rings. The third kappa shape index (κ3) is 52.6. The molecule has 0 atom stereocenters. The van der Waals surface area contributed by atoms with Crippen LogP contribution in [0.25, 0.3) is 0 Å². The first kappa shape index (κ1) is 95.9. The number of ether oxygens (including phenoxy) is 5. The third-order valence-electron chi connectivity index (χ3n) is 13.4. The zero-order valence-electron chi connectivity index (χ0n) is 61.8. The van der Waals surface area contributed by atoms with Gasteiger partial charge in [-0.3, -0.25) is 0 Å². The molecule has 7 heterocycles. The molecule has 8 nitrogen and oxygen atoms in total. The Bertz CT molecular complexity index is 1860. The first-order valence-electron chi connectivity index (χ1n) is 32.5. The molecule has 0 aromatic heterocycles. The molecule has 496 valence electrons. The third-order valence-corrected chi connectivity index (χ3v) is 18.2. The molecule has 0 unspecified atom stereocenters. The van der Waals surface area contributed by atoms with Gasteiger partial charge in [0.05, 0.1) is 12.4 Å². The highest BCUT2D eigenvalue weighted by Crippen LogP contribution is 2.39. The van der Waals surface area contributed by atoms with Gasteiger partial charge in [-0.15, -0.1) is 0 Å². The van der Waals surface area contributed by atoms with Crippen molar-refractivity contribution in [2.45, 2.75) is 267 Å². The van der Waals surface area contributed by atoms with Gasteiger partial charge >= 0.3 is 0 Å². The summed E-state index contributed by atoms with van der Waals surface area (Å²) < 4.78 is 25.5. The van der Waals surface area contributed by atoms with Crippen LogP contribution in [0.5, 0.6) is 0 Å². The molecule has 7 aliphatic heterocycles. The Labute approximate surface area is 523 Å². The summed E-state index contributed by atoms with van der Waals surface area (Å²) in [5.41, 5.74) is 16.0. The summed E-state index contributed by atoms with van der Waals surface area (Å²) in [5.74, 6) is 24.1. The second-order valence-corrected chi connectivity index (χ2v) is 25.5. The molecule has 8 aliphatic rings. The van der Waals surface area contributed by atoms with E-state index in [1.807, 2.05) is 152 Å². The Morgan fingerprint density at radius 2 is 0.892 bits per heavy atom. The van der Waals surface area contributed by atoms with Crippen molar-refractivity contribution in [2.75, 3.05) is 76.7 Å². The van der Waals surface area contributed by atoms with E-state index in [1.54, 1.807) is 11.1 Å².